The number of hydrogen-bond acceptors (Lipinski definition) is 4. The van der Waals surface area contributed by atoms with Crippen molar-refractivity contribution < 1.29 is 9.53 Å². The zero-order valence-electron chi connectivity index (χ0n) is 14.6. The zero-order chi connectivity index (χ0) is 17.8. The second-order valence-electron chi connectivity index (χ2n) is 6.52. The Hall–Kier alpha value is -2.15. The number of nitrogens with one attached hydrogen (secondary N) is 2. The first kappa shape index (κ1) is 17.3. The first-order chi connectivity index (χ1) is 12.8. The molecule has 3 heterocycles. The summed E-state index contributed by atoms with van der Waals surface area (Å²) in [6, 6.07) is 12.5. The Labute approximate surface area is 157 Å². The largest absolute Gasteiger partial charge is 0.379 e. The molecule has 1 aliphatic rings. The Balaban J connectivity index is 1.41. The van der Waals surface area contributed by atoms with Gasteiger partial charge >= 0.3 is 0 Å². The third-order valence-corrected chi connectivity index (χ3v) is 5.85. The highest BCUT2D eigenvalue weighted by Gasteiger charge is 2.24. The highest BCUT2D eigenvalue weighted by molar-refractivity contribution is 7.10. The first-order valence-corrected chi connectivity index (χ1v) is 9.86. The molecular weight excluding hydrogens is 346 g/mol. The number of amides is 1. The predicted octanol–water partition coefficient (Wildman–Crippen LogP) is 2.96. The molecule has 136 valence electrons. The van der Waals surface area contributed by atoms with Crippen LogP contribution in [0.5, 0.6) is 0 Å². The van der Waals surface area contributed by atoms with Crippen LogP contribution in [0.2, 0.25) is 0 Å². The third kappa shape index (κ3) is 3.82. The van der Waals surface area contributed by atoms with Crippen molar-refractivity contribution in [2.75, 3.05) is 32.8 Å². The van der Waals surface area contributed by atoms with Crippen molar-refractivity contribution in [3.05, 3.63) is 58.4 Å². The lowest BCUT2D eigenvalue weighted by Crippen LogP contribution is -2.43. The van der Waals surface area contributed by atoms with Crippen molar-refractivity contribution in [1.29, 1.82) is 0 Å². The molecule has 1 fully saturated rings. The van der Waals surface area contributed by atoms with Crippen LogP contribution in [0.25, 0.3) is 10.9 Å². The Bertz CT molecular complexity index is 853. The molecule has 1 aliphatic heterocycles. The molecule has 5 nitrogen and oxygen atoms in total. The molecule has 0 radical (unpaired) electrons. The molecule has 1 unspecified atom stereocenters. The highest BCUT2D eigenvalue weighted by atomic mass is 32.1. The van der Waals surface area contributed by atoms with Gasteiger partial charge in [0.15, 0.2) is 0 Å². The number of morpholine rings is 1. The Morgan fingerprint density at radius 2 is 2.08 bits per heavy atom. The molecule has 4 rings (SSSR count). The lowest BCUT2D eigenvalue weighted by atomic mass is 10.1. The fourth-order valence-corrected chi connectivity index (χ4v) is 4.36. The fourth-order valence-electron chi connectivity index (χ4n) is 3.50. The van der Waals surface area contributed by atoms with Crippen LogP contribution < -0.4 is 5.32 Å². The topological polar surface area (TPSA) is 57.4 Å². The normalized spacial score (nSPS) is 16.6. The number of aromatic amines is 1. The van der Waals surface area contributed by atoms with E-state index in [1.807, 2.05) is 24.4 Å². The number of carbonyl (C=O) groups is 1. The molecule has 1 amide bonds. The number of benzene rings is 1. The van der Waals surface area contributed by atoms with E-state index in [-0.39, 0.29) is 11.9 Å². The molecule has 0 spiro atoms. The number of hydrogen-bond donors (Lipinski definition) is 2. The van der Waals surface area contributed by atoms with E-state index in [0.29, 0.717) is 13.0 Å². The van der Waals surface area contributed by atoms with Gasteiger partial charge in [-0.15, -0.1) is 11.3 Å². The number of rotatable bonds is 6. The second kappa shape index (κ2) is 8.03. The number of thiophene rings is 1. The predicted molar refractivity (Wildman–Crippen MR) is 104 cm³/mol. The van der Waals surface area contributed by atoms with E-state index in [0.717, 1.165) is 42.8 Å². The monoisotopic (exact) mass is 369 g/mol. The summed E-state index contributed by atoms with van der Waals surface area (Å²) in [4.78, 5) is 19.5. The van der Waals surface area contributed by atoms with E-state index >= 15 is 0 Å². The summed E-state index contributed by atoms with van der Waals surface area (Å²) in [5.41, 5.74) is 2.11. The zero-order valence-corrected chi connectivity index (χ0v) is 15.4. The van der Waals surface area contributed by atoms with Gasteiger partial charge in [-0.05, 0) is 23.1 Å². The van der Waals surface area contributed by atoms with Gasteiger partial charge in [0.1, 0.15) is 0 Å². The Morgan fingerprint density at radius 3 is 2.88 bits per heavy atom. The molecule has 3 aromatic rings. The average molecular weight is 369 g/mol. The van der Waals surface area contributed by atoms with E-state index in [1.165, 1.54) is 4.88 Å². The molecule has 1 atom stereocenters. The van der Waals surface area contributed by atoms with Crippen LogP contribution >= 0.6 is 11.3 Å². The van der Waals surface area contributed by atoms with Crippen molar-refractivity contribution in [2.24, 2.45) is 0 Å². The number of para-hydroxylation sites is 1. The van der Waals surface area contributed by atoms with Gasteiger partial charge in [-0.1, -0.05) is 24.3 Å². The van der Waals surface area contributed by atoms with Gasteiger partial charge in [-0.2, -0.15) is 0 Å². The summed E-state index contributed by atoms with van der Waals surface area (Å²) in [6.07, 6.45) is 2.33. The highest BCUT2D eigenvalue weighted by Crippen LogP contribution is 2.25. The summed E-state index contributed by atoms with van der Waals surface area (Å²) < 4.78 is 5.47. The van der Waals surface area contributed by atoms with Crippen LogP contribution in [0.15, 0.2) is 48.0 Å². The quantitative estimate of drug-likeness (QED) is 0.702. The maximum atomic E-state index is 12.5. The van der Waals surface area contributed by atoms with E-state index < -0.39 is 0 Å². The number of H-pyrrole nitrogens is 1. The molecule has 1 saturated heterocycles. The third-order valence-electron chi connectivity index (χ3n) is 4.88. The molecule has 0 bridgehead atoms. The van der Waals surface area contributed by atoms with Crippen LogP contribution in [0.1, 0.15) is 16.5 Å². The van der Waals surface area contributed by atoms with E-state index in [9.17, 15) is 4.79 Å². The summed E-state index contributed by atoms with van der Waals surface area (Å²) in [7, 11) is 0. The van der Waals surface area contributed by atoms with Gasteiger partial charge in [0.25, 0.3) is 0 Å². The minimum Gasteiger partial charge on any atom is -0.379 e. The van der Waals surface area contributed by atoms with Gasteiger partial charge in [0, 0.05) is 41.6 Å². The van der Waals surface area contributed by atoms with Gasteiger partial charge < -0.3 is 15.0 Å². The summed E-state index contributed by atoms with van der Waals surface area (Å²) in [6.45, 7) is 3.94. The summed E-state index contributed by atoms with van der Waals surface area (Å²) in [5, 5.41) is 6.35. The maximum absolute atomic E-state index is 12.5. The molecule has 26 heavy (non-hydrogen) atoms. The van der Waals surface area contributed by atoms with Gasteiger partial charge in [0.2, 0.25) is 5.91 Å². The lowest BCUT2D eigenvalue weighted by Gasteiger charge is -2.34. The molecule has 2 aromatic heterocycles. The molecule has 1 aromatic carbocycles. The molecule has 0 saturated carbocycles. The van der Waals surface area contributed by atoms with Crippen molar-refractivity contribution in [2.45, 2.75) is 12.5 Å². The standard InChI is InChI=1S/C20H23N3O2S/c24-20(12-15-13-21-17-5-2-1-4-16(15)17)22-14-18(19-6-3-11-26-19)23-7-9-25-10-8-23/h1-6,11,13,18,21H,7-10,12,14H2,(H,22,24). The first-order valence-electron chi connectivity index (χ1n) is 8.98. The van der Waals surface area contributed by atoms with E-state index in [4.69, 9.17) is 4.74 Å². The maximum Gasteiger partial charge on any atom is 0.224 e. The van der Waals surface area contributed by atoms with Crippen LogP contribution in [-0.4, -0.2) is 48.6 Å². The molecule has 0 aliphatic carbocycles. The minimum atomic E-state index is 0.0598. The van der Waals surface area contributed by atoms with E-state index in [1.54, 1.807) is 11.3 Å². The smallest absolute Gasteiger partial charge is 0.224 e. The van der Waals surface area contributed by atoms with Crippen LogP contribution in [0.4, 0.5) is 0 Å². The number of ether oxygens (including phenoxy) is 1. The van der Waals surface area contributed by atoms with Gasteiger partial charge in [0.05, 0.1) is 25.7 Å². The van der Waals surface area contributed by atoms with Gasteiger partial charge in [-0.3, -0.25) is 9.69 Å². The number of fused-ring (bicyclic) bond motifs is 1. The average Bonchev–Trinajstić information content (AvgIpc) is 3.34. The molecule has 6 heteroatoms. The fraction of sp³-hybridized carbons (Fsp3) is 0.350. The second-order valence-corrected chi connectivity index (χ2v) is 7.50. The van der Waals surface area contributed by atoms with Crippen molar-refractivity contribution in [3.8, 4) is 0 Å². The van der Waals surface area contributed by atoms with Crippen molar-refractivity contribution in [1.82, 2.24) is 15.2 Å². The minimum absolute atomic E-state index is 0.0598. The SMILES string of the molecule is O=C(Cc1c[nH]c2ccccc12)NCC(c1cccs1)N1CCOCC1. The summed E-state index contributed by atoms with van der Waals surface area (Å²) in [5.74, 6) is 0.0598. The number of nitrogens with zero attached hydrogens (tertiary/aromatic N) is 1. The number of aromatic nitrogens is 1. The van der Waals surface area contributed by atoms with Crippen molar-refractivity contribution >= 4 is 28.1 Å². The Morgan fingerprint density at radius 1 is 1.23 bits per heavy atom. The van der Waals surface area contributed by atoms with E-state index in [2.05, 4.69) is 38.8 Å². The lowest BCUT2D eigenvalue weighted by molar-refractivity contribution is -0.120. The van der Waals surface area contributed by atoms with Crippen LogP contribution in [-0.2, 0) is 16.0 Å². The van der Waals surface area contributed by atoms with Crippen LogP contribution in [0.3, 0.4) is 0 Å². The number of carbonyl (C=O) groups excluding carboxylic acids is 1. The van der Waals surface area contributed by atoms with Crippen LogP contribution in [0, 0.1) is 0 Å². The van der Waals surface area contributed by atoms with Gasteiger partial charge in [-0.25, -0.2) is 0 Å². The summed E-state index contributed by atoms with van der Waals surface area (Å²) >= 11 is 1.74. The Kier molecular flexibility index (Phi) is 5.34. The molecule has 2 N–H and O–H groups in total. The molecular formula is C20H23N3O2S. The van der Waals surface area contributed by atoms with Crippen molar-refractivity contribution in [3.63, 3.8) is 0 Å².